The molecule has 0 spiro atoms. The Morgan fingerprint density at radius 1 is 1.19 bits per heavy atom. The van der Waals surface area contributed by atoms with Crippen LogP contribution in [0.5, 0.6) is 0 Å². The summed E-state index contributed by atoms with van der Waals surface area (Å²) in [5.41, 5.74) is 1.39. The van der Waals surface area contributed by atoms with E-state index in [0.29, 0.717) is 23.4 Å². The Hall–Kier alpha value is -2.76. The minimum absolute atomic E-state index is 0.0715. The molecule has 1 atom stereocenters. The average Bonchev–Trinajstić information content (AvgIpc) is 3.04. The zero-order valence-electron chi connectivity index (χ0n) is 15.4. The van der Waals surface area contributed by atoms with E-state index in [1.165, 1.54) is 17.0 Å². The Morgan fingerprint density at radius 2 is 1.93 bits per heavy atom. The van der Waals surface area contributed by atoms with Gasteiger partial charge in [-0.15, -0.1) is 0 Å². The van der Waals surface area contributed by atoms with Gasteiger partial charge < -0.3 is 9.80 Å². The fourth-order valence-corrected chi connectivity index (χ4v) is 3.31. The highest BCUT2D eigenvalue weighted by Crippen LogP contribution is 2.28. The third-order valence-corrected chi connectivity index (χ3v) is 4.95. The predicted octanol–water partition coefficient (Wildman–Crippen LogP) is 3.67. The van der Waals surface area contributed by atoms with E-state index in [0.717, 1.165) is 0 Å². The van der Waals surface area contributed by atoms with E-state index in [2.05, 4.69) is 0 Å². The number of hydrogen-bond acceptors (Lipinski definition) is 2. The number of hydrogen-bond donors (Lipinski definition) is 0. The van der Waals surface area contributed by atoms with Crippen LogP contribution < -0.4 is 4.90 Å². The van der Waals surface area contributed by atoms with Gasteiger partial charge in [-0.25, -0.2) is 8.78 Å². The van der Waals surface area contributed by atoms with Crippen LogP contribution in [-0.2, 0) is 16.1 Å². The van der Waals surface area contributed by atoms with Crippen LogP contribution in [0.15, 0.2) is 42.5 Å². The molecule has 0 radical (unpaired) electrons. The molecule has 2 aromatic rings. The zero-order chi connectivity index (χ0) is 19.6. The predicted molar refractivity (Wildman–Crippen MR) is 99.1 cm³/mol. The molecule has 0 aliphatic carbocycles. The molecule has 0 saturated carbocycles. The Balaban J connectivity index is 1.74. The van der Waals surface area contributed by atoms with E-state index in [4.69, 9.17) is 0 Å². The molecular weight excluding hydrogens is 350 g/mol. The minimum Gasteiger partial charge on any atom is -0.338 e. The van der Waals surface area contributed by atoms with Gasteiger partial charge in [0.05, 0.1) is 5.92 Å². The van der Waals surface area contributed by atoms with Crippen LogP contribution in [0.4, 0.5) is 14.5 Å². The van der Waals surface area contributed by atoms with Crippen molar-refractivity contribution in [1.29, 1.82) is 0 Å². The maximum absolute atomic E-state index is 13.9. The first-order chi connectivity index (χ1) is 12.9. The fourth-order valence-electron chi connectivity index (χ4n) is 3.31. The summed E-state index contributed by atoms with van der Waals surface area (Å²) in [6, 6.07) is 10.9. The van der Waals surface area contributed by atoms with Crippen LogP contribution in [0.1, 0.15) is 24.5 Å². The smallest absolute Gasteiger partial charge is 0.228 e. The summed E-state index contributed by atoms with van der Waals surface area (Å²) in [5.74, 6) is -1.66. The molecule has 2 aromatic carbocycles. The van der Waals surface area contributed by atoms with Crippen molar-refractivity contribution in [3.05, 3.63) is 65.2 Å². The number of nitrogens with zero attached hydrogens (tertiary/aromatic N) is 2. The third kappa shape index (κ3) is 3.99. The Morgan fingerprint density at radius 3 is 2.59 bits per heavy atom. The molecule has 142 valence electrons. The zero-order valence-corrected chi connectivity index (χ0v) is 15.4. The number of halogens is 2. The van der Waals surface area contributed by atoms with Crippen molar-refractivity contribution in [2.75, 3.05) is 18.0 Å². The van der Waals surface area contributed by atoms with Crippen molar-refractivity contribution in [3.8, 4) is 0 Å². The van der Waals surface area contributed by atoms with Crippen LogP contribution >= 0.6 is 0 Å². The number of amides is 2. The lowest BCUT2D eigenvalue weighted by molar-refractivity contribution is -0.136. The van der Waals surface area contributed by atoms with Gasteiger partial charge in [0.1, 0.15) is 11.6 Å². The summed E-state index contributed by atoms with van der Waals surface area (Å²) < 4.78 is 27.7. The molecule has 4 nitrogen and oxygen atoms in total. The normalized spacial score (nSPS) is 16.7. The van der Waals surface area contributed by atoms with E-state index in [1.54, 1.807) is 42.2 Å². The Kier molecular flexibility index (Phi) is 5.54. The summed E-state index contributed by atoms with van der Waals surface area (Å²) in [6.07, 6.45) is 0.0715. The summed E-state index contributed by atoms with van der Waals surface area (Å²) in [4.78, 5) is 28.3. The SMILES string of the molecule is CCN(Cc1ccccc1F)C(=O)C1CC(=O)N(c2ccc(C)c(F)c2)C1. The molecule has 0 N–H and O–H groups in total. The second-order valence-electron chi connectivity index (χ2n) is 6.78. The molecule has 2 amide bonds. The second kappa shape index (κ2) is 7.86. The molecule has 27 heavy (non-hydrogen) atoms. The number of carbonyl (C=O) groups is 2. The summed E-state index contributed by atoms with van der Waals surface area (Å²) in [7, 11) is 0. The largest absolute Gasteiger partial charge is 0.338 e. The summed E-state index contributed by atoms with van der Waals surface area (Å²) in [6.45, 7) is 4.25. The standard InChI is InChI=1S/C21H22F2N2O2/c1-3-24(12-15-6-4-5-7-18(15)22)21(27)16-10-20(26)25(13-16)17-9-8-14(2)19(23)11-17/h4-9,11,16H,3,10,12-13H2,1-2H3. The van der Waals surface area contributed by atoms with Crippen molar-refractivity contribution < 1.29 is 18.4 Å². The third-order valence-electron chi connectivity index (χ3n) is 4.95. The van der Waals surface area contributed by atoms with Crippen LogP contribution in [0, 0.1) is 24.5 Å². The molecule has 1 heterocycles. The number of rotatable bonds is 5. The monoisotopic (exact) mass is 372 g/mol. The first-order valence-corrected chi connectivity index (χ1v) is 8.99. The molecule has 1 saturated heterocycles. The van der Waals surface area contributed by atoms with Crippen molar-refractivity contribution in [2.24, 2.45) is 5.92 Å². The maximum Gasteiger partial charge on any atom is 0.228 e. The first kappa shape index (κ1) is 19.0. The van der Waals surface area contributed by atoms with E-state index >= 15 is 0 Å². The molecule has 3 rings (SSSR count). The molecule has 0 aromatic heterocycles. The first-order valence-electron chi connectivity index (χ1n) is 8.99. The van der Waals surface area contributed by atoms with E-state index < -0.39 is 5.92 Å². The molecule has 0 bridgehead atoms. The topological polar surface area (TPSA) is 40.6 Å². The van der Waals surface area contributed by atoms with Gasteiger partial charge in [0.25, 0.3) is 0 Å². The number of anilines is 1. The Bertz CT molecular complexity index is 869. The minimum atomic E-state index is -0.520. The lowest BCUT2D eigenvalue weighted by Gasteiger charge is -2.24. The van der Waals surface area contributed by atoms with Crippen LogP contribution in [0.25, 0.3) is 0 Å². The van der Waals surface area contributed by atoms with Gasteiger partial charge in [-0.1, -0.05) is 24.3 Å². The highest BCUT2D eigenvalue weighted by molar-refractivity contribution is 6.00. The lowest BCUT2D eigenvalue weighted by Crippen LogP contribution is -2.37. The molecular formula is C21H22F2N2O2. The van der Waals surface area contributed by atoms with E-state index in [9.17, 15) is 18.4 Å². The van der Waals surface area contributed by atoms with Crippen LogP contribution in [0.3, 0.4) is 0 Å². The lowest BCUT2D eigenvalue weighted by atomic mass is 10.1. The summed E-state index contributed by atoms with van der Waals surface area (Å²) >= 11 is 0. The molecule has 1 fully saturated rings. The Labute approximate surface area is 157 Å². The van der Waals surface area contributed by atoms with Crippen molar-refractivity contribution in [3.63, 3.8) is 0 Å². The summed E-state index contributed by atoms with van der Waals surface area (Å²) in [5, 5.41) is 0. The highest BCUT2D eigenvalue weighted by atomic mass is 19.1. The van der Waals surface area contributed by atoms with Gasteiger partial charge in [-0.2, -0.15) is 0 Å². The molecule has 1 unspecified atom stereocenters. The second-order valence-corrected chi connectivity index (χ2v) is 6.78. The van der Waals surface area contributed by atoms with Gasteiger partial charge >= 0.3 is 0 Å². The van der Waals surface area contributed by atoms with E-state index in [1.807, 2.05) is 6.92 Å². The van der Waals surface area contributed by atoms with Gasteiger partial charge in [0, 0.05) is 37.3 Å². The van der Waals surface area contributed by atoms with Crippen molar-refractivity contribution in [1.82, 2.24) is 4.90 Å². The van der Waals surface area contributed by atoms with Crippen LogP contribution in [0.2, 0.25) is 0 Å². The van der Waals surface area contributed by atoms with E-state index in [-0.39, 0.29) is 43.0 Å². The fraction of sp³-hybridized carbons (Fsp3) is 0.333. The highest BCUT2D eigenvalue weighted by Gasteiger charge is 2.37. The molecule has 1 aliphatic rings. The molecule has 6 heteroatoms. The number of benzene rings is 2. The van der Waals surface area contributed by atoms with Gasteiger partial charge in [0.2, 0.25) is 11.8 Å². The van der Waals surface area contributed by atoms with Gasteiger partial charge in [-0.3, -0.25) is 9.59 Å². The number of aryl methyl sites for hydroxylation is 1. The average molecular weight is 372 g/mol. The quantitative estimate of drug-likeness (QED) is 0.803. The van der Waals surface area contributed by atoms with Crippen molar-refractivity contribution >= 4 is 17.5 Å². The molecule has 1 aliphatic heterocycles. The van der Waals surface area contributed by atoms with Gasteiger partial charge in [0.15, 0.2) is 0 Å². The maximum atomic E-state index is 13.9. The van der Waals surface area contributed by atoms with Gasteiger partial charge in [-0.05, 0) is 37.6 Å². The van der Waals surface area contributed by atoms with Crippen LogP contribution in [-0.4, -0.2) is 29.8 Å². The van der Waals surface area contributed by atoms with Crippen molar-refractivity contribution in [2.45, 2.75) is 26.8 Å². The number of carbonyl (C=O) groups excluding carboxylic acids is 2.